The fraction of sp³-hybridized carbons (Fsp3) is 0.158. The van der Waals surface area contributed by atoms with E-state index in [9.17, 15) is 14.7 Å². The van der Waals surface area contributed by atoms with Crippen LogP contribution in [0.1, 0.15) is 38.9 Å². The zero-order valence-corrected chi connectivity index (χ0v) is 13.4. The van der Waals surface area contributed by atoms with E-state index in [2.05, 4.69) is 9.98 Å². The molecule has 1 aliphatic carbocycles. The number of aliphatic hydroxyl groups excluding tert-OH is 1. The van der Waals surface area contributed by atoms with Gasteiger partial charge in [-0.3, -0.25) is 19.6 Å². The number of aromatic nitrogens is 1. The zero-order valence-electron chi connectivity index (χ0n) is 13.4. The molecular formula is C19H16N2O3. The molecule has 3 rings (SSSR count). The van der Waals surface area contributed by atoms with Crippen LogP contribution in [0, 0.1) is 6.92 Å². The molecule has 0 saturated carbocycles. The lowest BCUT2D eigenvalue weighted by atomic mass is 9.86. The number of fused-ring (bicyclic) bond motifs is 1. The SMILES string of the molecule is CCN=C(C1=C(O)C(=O)c2ncc(C)cc2C1=O)c1ccccc1. The number of Topliss-reactive ketones (excluding diaryl/α,β-unsaturated/α-hetero) is 2. The van der Waals surface area contributed by atoms with Gasteiger partial charge in [0.15, 0.2) is 5.76 Å². The van der Waals surface area contributed by atoms with Crippen LogP contribution >= 0.6 is 0 Å². The average molecular weight is 320 g/mol. The molecule has 0 saturated heterocycles. The number of pyridine rings is 1. The maximum atomic E-state index is 12.9. The first-order valence-electron chi connectivity index (χ1n) is 7.64. The molecule has 1 heterocycles. The first-order valence-corrected chi connectivity index (χ1v) is 7.64. The maximum Gasteiger partial charge on any atom is 0.247 e. The van der Waals surface area contributed by atoms with Gasteiger partial charge in [0, 0.05) is 18.3 Å². The predicted octanol–water partition coefficient (Wildman–Crippen LogP) is 3.09. The first kappa shape index (κ1) is 15.8. The van der Waals surface area contributed by atoms with Crippen molar-refractivity contribution in [2.24, 2.45) is 4.99 Å². The van der Waals surface area contributed by atoms with Gasteiger partial charge >= 0.3 is 0 Å². The monoisotopic (exact) mass is 320 g/mol. The van der Waals surface area contributed by atoms with Gasteiger partial charge in [0.2, 0.25) is 11.6 Å². The molecule has 0 atom stereocenters. The average Bonchev–Trinajstić information content (AvgIpc) is 2.60. The number of hydrogen-bond acceptors (Lipinski definition) is 5. The van der Waals surface area contributed by atoms with Crippen LogP contribution < -0.4 is 0 Å². The van der Waals surface area contributed by atoms with E-state index in [1.165, 1.54) is 6.20 Å². The van der Waals surface area contributed by atoms with E-state index in [0.29, 0.717) is 17.8 Å². The molecule has 0 amide bonds. The Morgan fingerprint density at radius 3 is 2.54 bits per heavy atom. The molecule has 5 nitrogen and oxygen atoms in total. The Balaban J connectivity index is 2.22. The number of carbonyl (C=O) groups is 2. The summed E-state index contributed by atoms with van der Waals surface area (Å²) in [7, 11) is 0. The fourth-order valence-electron chi connectivity index (χ4n) is 2.68. The Bertz CT molecular complexity index is 896. The van der Waals surface area contributed by atoms with Crippen LogP contribution in [0.4, 0.5) is 0 Å². The summed E-state index contributed by atoms with van der Waals surface area (Å²) in [5, 5.41) is 10.4. The summed E-state index contributed by atoms with van der Waals surface area (Å²) in [5.41, 5.74) is 1.88. The van der Waals surface area contributed by atoms with E-state index in [-0.39, 0.29) is 16.8 Å². The number of carbonyl (C=O) groups excluding carboxylic acids is 2. The Labute approximate surface area is 139 Å². The highest BCUT2D eigenvalue weighted by Crippen LogP contribution is 2.27. The summed E-state index contributed by atoms with van der Waals surface area (Å²) in [6.45, 7) is 4.04. The van der Waals surface area contributed by atoms with Gasteiger partial charge in [0.1, 0.15) is 5.69 Å². The van der Waals surface area contributed by atoms with Gasteiger partial charge in [0.25, 0.3) is 0 Å². The zero-order chi connectivity index (χ0) is 17.3. The lowest BCUT2D eigenvalue weighted by Gasteiger charge is -2.19. The molecule has 24 heavy (non-hydrogen) atoms. The topological polar surface area (TPSA) is 79.6 Å². The number of hydrogen-bond donors (Lipinski definition) is 1. The number of rotatable bonds is 3. The van der Waals surface area contributed by atoms with Crippen molar-refractivity contribution < 1.29 is 14.7 Å². The van der Waals surface area contributed by atoms with Gasteiger partial charge in [-0.25, -0.2) is 0 Å². The number of ketones is 2. The van der Waals surface area contributed by atoms with Crippen molar-refractivity contribution in [1.29, 1.82) is 0 Å². The van der Waals surface area contributed by atoms with Crippen LogP contribution in [-0.2, 0) is 0 Å². The minimum atomic E-state index is -0.653. The highest BCUT2D eigenvalue weighted by atomic mass is 16.3. The Hall–Kier alpha value is -3.08. The lowest BCUT2D eigenvalue weighted by molar-refractivity contribution is 0.0929. The second kappa shape index (κ2) is 6.20. The van der Waals surface area contributed by atoms with E-state index in [1.807, 2.05) is 25.1 Å². The van der Waals surface area contributed by atoms with Crippen molar-refractivity contribution in [3.63, 3.8) is 0 Å². The molecule has 1 aromatic heterocycles. The largest absolute Gasteiger partial charge is 0.503 e. The third-order valence-corrected chi connectivity index (χ3v) is 3.76. The molecule has 0 fully saturated rings. The second-order valence-corrected chi connectivity index (χ2v) is 5.48. The van der Waals surface area contributed by atoms with Gasteiger partial charge in [-0.15, -0.1) is 0 Å². The Morgan fingerprint density at radius 1 is 1.17 bits per heavy atom. The van der Waals surface area contributed by atoms with Gasteiger partial charge in [-0.2, -0.15) is 0 Å². The molecule has 0 bridgehead atoms. The van der Waals surface area contributed by atoms with E-state index in [4.69, 9.17) is 0 Å². The van der Waals surface area contributed by atoms with Crippen molar-refractivity contribution in [1.82, 2.24) is 4.98 Å². The minimum absolute atomic E-state index is 0.0178. The van der Waals surface area contributed by atoms with Crippen LogP contribution in [0.15, 0.2) is 58.9 Å². The lowest BCUT2D eigenvalue weighted by Crippen LogP contribution is -2.28. The Kier molecular flexibility index (Phi) is 4.08. The summed E-state index contributed by atoms with van der Waals surface area (Å²) in [6, 6.07) is 10.7. The number of aliphatic imine (C=N–C) groups is 1. The van der Waals surface area contributed by atoms with Crippen LogP contribution in [-0.4, -0.2) is 33.9 Å². The number of aryl methyl sites for hydroxylation is 1. The summed E-state index contributed by atoms with van der Waals surface area (Å²) < 4.78 is 0. The number of nitrogens with zero attached hydrogens (tertiary/aromatic N) is 2. The molecule has 5 heteroatoms. The van der Waals surface area contributed by atoms with E-state index in [0.717, 1.165) is 5.56 Å². The fourth-order valence-corrected chi connectivity index (χ4v) is 2.68. The highest BCUT2D eigenvalue weighted by Gasteiger charge is 2.36. The smallest absolute Gasteiger partial charge is 0.247 e. The van der Waals surface area contributed by atoms with Gasteiger partial charge < -0.3 is 5.11 Å². The Morgan fingerprint density at radius 2 is 1.88 bits per heavy atom. The van der Waals surface area contributed by atoms with Crippen LogP contribution in [0.2, 0.25) is 0 Å². The quantitative estimate of drug-likeness (QED) is 0.881. The number of benzene rings is 1. The van der Waals surface area contributed by atoms with Crippen molar-refractivity contribution >= 4 is 17.3 Å². The molecule has 0 aliphatic heterocycles. The predicted molar refractivity (Wildman–Crippen MR) is 90.8 cm³/mol. The van der Waals surface area contributed by atoms with Crippen molar-refractivity contribution in [3.8, 4) is 0 Å². The van der Waals surface area contributed by atoms with E-state index < -0.39 is 17.3 Å². The molecule has 1 aromatic carbocycles. The molecule has 1 aliphatic rings. The third kappa shape index (κ3) is 2.54. The summed E-state index contributed by atoms with van der Waals surface area (Å²) in [5.74, 6) is -1.69. The number of allylic oxidation sites excluding steroid dienone is 2. The van der Waals surface area contributed by atoms with Crippen LogP contribution in [0.3, 0.4) is 0 Å². The van der Waals surface area contributed by atoms with E-state index >= 15 is 0 Å². The molecular weight excluding hydrogens is 304 g/mol. The second-order valence-electron chi connectivity index (χ2n) is 5.48. The minimum Gasteiger partial charge on any atom is -0.503 e. The van der Waals surface area contributed by atoms with Gasteiger partial charge in [-0.05, 0) is 25.5 Å². The van der Waals surface area contributed by atoms with Crippen LogP contribution in [0.25, 0.3) is 0 Å². The van der Waals surface area contributed by atoms with E-state index in [1.54, 1.807) is 25.1 Å². The maximum absolute atomic E-state index is 12.9. The van der Waals surface area contributed by atoms with Crippen LogP contribution in [0.5, 0.6) is 0 Å². The molecule has 0 unspecified atom stereocenters. The first-order chi connectivity index (χ1) is 11.5. The molecule has 0 spiro atoms. The molecule has 1 N–H and O–H groups in total. The van der Waals surface area contributed by atoms with Crippen molar-refractivity contribution in [2.75, 3.05) is 6.54 Å². The third-order valence-electron chi connectivity index (χ3n) is 3.76. The molecule has 0 radical (unpaired) electrons. The van der Waals surface area contributed by atoms with Crippen molar-refractivity contribution in [3.05, 3.63) is 76.3 Å². The normalized spacial score (nSPS) is 14.8. The standard InChI is InChI=1S/C19H16N2O3/c1-3-20-15(12-7-5-4-6-8-12)14-17(22)13-9-11(2)10-21-16(13)19(24)18(14)23/h4-10,23H,3H2,1-2H3. The number of aliphatic hydroxyl groups is 1. The summed E-state index contributed by atoms with van der Waals surface area (Å²) in [6.07, 6.45) is 1.50. The molecule has 120 valence electrons. The van der Waals surface area contributed by atoms with Crippen molar-refractivity contribution in [2.45, 2.75) is 13.8 Å². The van der Waals surface area contributed by atoms with Gasteiger partial charge in [0.05, 0.1) is 16.8 Å². The highest BCUT2D eigenvalue weighted by molar-refractivity contribution is 6.39. The van der Waals surface area contributed by atoms with Gasteiger partial charge in [-0.1, -0.05) is 30.3 Å². The summed E-state index contributed by atoms with van der Waals surface area (Å²) in [4.78, 5) is 33.7. The molecule has 2 aromatic rings. The summed E-state index contributed by atoms with van der Waals surface area (Å²) >= 11 is 0.